The van der Waals surface area contributed by atoms with Gasteiger partial charge in [-0.3, -0.25) is 4.79 Å². The fourth-order valence-electron chi connectivity index (χ4n) is 2.65. The quantitative estimate of drug-likeness (QED) is 0.381. The number of carbonyl (C=O) groups excluding carboxylic acids is 1. The molecule has 0 aliphatic carbocycles. The summed E-state index contributed by atoms with van der Waals surface area (Å²) in [6.07, 6.45) is 0. The number of hydrogen-bond acceptors (Lipinski definition) is 4. The molecule has 5 nitrogen and oxygen atoms in total. The van der Waals surface area contributed by atoms with Gasteiger partial charge in [-0.2, -0.15) is 0 Å². The highest BCUT2D eigenvalue weighted by atomic mass is 35.5. The molecule has 4 aromatic rings. The Bertz CT molecular complexity index is 1190. The number of fused-ring (bicyclic) bond motifs is 1. The third-order valence-electron chi connectivity index (χ3n) is 4.02. The Morgan fingerprint density at radius 3 is 2.48 bits per heavy atom. The van der Waals surface area contributed by atoms with E-state index in [1.807, 2.05) is 12.1 Å². The van der Waals surface area contributed by atoms with E-state index in [1.54, 1.807) is 48.5 Å². The Morgan fingerprint density at radius 2 is 1.72 bits per heavy atom. The molecular weight excluding hydrogens is 435 g/mol. The van der Waals surface area contributed by atoms with Gasteiger partial charge in [-0.25, -0.2) is 4.98 Å². The summed E-state index contributed by atoms with van der Waals surface area (Å²) in [5.41, 5.74) is 2.61. The molecular formula is C21H13Cl3N2O3. The summed E-state index contributed by atoms with van der Waals surface area (Å²) < 4.78 is 11.2. The minimum Gasteiger partial charge on any atom is -0.482 e. The zero-order chi connectivity index (χ0) is 20.4. The number of amides is 1. The highest BCUT2D eigenvalue weighted by Crippen LogP contribution is 2.28. The second-order valence-corrected chi connectivity index (χ2v) is 7.40. The van der Waals surface area contributed by atoms with Gasteiger partial charge in [-0.1, -0.05) is 34.8 Å². The summed E-state index contributed by atoms with van der Waals surface area (Å²) in [5, 5.41) is 4.22. The normalized spacial score (nSPS) is 10.9. The predicted octanol–water partition coefficient (Wildman–Crippen LogP) is 6.47. The second kappa shape index (κ2) is 8.33. The minimum atomic E-state index is -0.336. The molecule has 0 aliphatic heterocycles. The maximum Gasteiger partial charge on any atom is 0.262 e. The van der Waals surface area contributed by atoms with Gasteiger partial charge in [-0.05, 0) is 60.7 Å². The SMILES string of the molecule is O=C(COc1ccc(Cl)cc1Cl)Nc1ccc2oc(-c3ccc(Cl)cc3)nc2c1. The molecule has 1 N–H and O–H groups in total. The van der Waals surface area contributed by atoms with E-state index in [4.69, 9.17) is 44.0 Å². The highest BCUT2D eigenvalue weighted by molar-refractivity contribution is 6.35. The maximum absolute atomic E-state index is 12.2. The monoisotopic (exact) mass is 446 g/mol. The second-order valence-electron chi connectivity index (χ2n) is 6.12. The fourth-order valence-corrected chi connectivity index (χ4v) is 3.24. The molecule has 1 aromatic heterocycles. The van der Waals surface area contributed by atoms with E-state index in [-0.39, 0.29) is 12.5 Å². The summed E-state index contributed by atoms with van der Waals surface area (Å²) in [6.45, 7) is -0.200. The number of anilines is 1. The van der Waals surface area contributed by atoms with Gasteiger partial charge >= 0.3 is 0 Å². The number of nitrogens with zero attached hydrogens (tertiary/aromatic N) is 1. The van der Waals surface area contributed by atoms with Crippen molar-refractivity contribution in [2.45, 2.75) is 0 Å². The maximum atomic E-state index is 12.2. The van der Waals surface area contributed by atoms with Crippen LogP contribution in [0, 0.1) is 0 Å². The average molecular weight is 448 g/mol. The Kier molecular flexibility index (Phi) is 5.62. The van der Waals surface area contributed by atoms with Crippen LogP contribution in [0.4, 0.5) is 5.69 Å². The molecule has 4 rings (SSSR count). The Balaban J connectivity index is 1.45. The van der Waals surface area contributed by atoms with Crippen molar-refractivity contribution < 1.29 is 13.9 Å². The number of halogens is 3. The Labute approximate surface area is 181 Å². The number of nitrogens with one attached hydrogen (secondary N) is 1. The molecule has 1 amide bonds. The lowest BCUT2D eigenvalue weighted by molar-refractivity contribution is -0.118. The number of ether oxygens (including phenoxy) is 1. The van der Waals surface area contributed by atoms with Crippen molar-refractivity contribution in [2.24, 2.45) is 0 Å². The first-order valence-electron chi connectivity index (χ1n) is 8.52. The molecule has 3 aromatic carbocycles. The summed E-state index contributed by atoms with van der Waals surface area (Å²) in [7, 11) is 0. The van der Waals surface area contributed by atoms with Gasteiger partial charge in [0.1, 0.15) is 11.3 Å². The lowest BCUT2D eigenvalue weighted by Crippen LogP contribution is -2.20. The van der Waals surface area contributed by atoms with Crippen molar-refractivity contribution in [1.82, 2.24) is 4.98 Å². The summed E-state index contributed by atoms with van der Waals surface area (Å²) in [5.74, 6) is 0.517. The minimum absolute atomic E-state index is 0.200. The molecule has 0 radical (unpaired) electrons. The van der Waals surface area contributed by atoms with Crippen molar-refractivity contribution in [2.75, 3.05) is 11.9 Å². The van der Waals surface area contributed by atoms with E-state index < -0.39 is 0 Å². The van der Waals surface area contributed by atoms with Crippen LogP contribution in [0.5, 0.6) is 5.75 Å². The van der Waals surface area contributed by atoms with E-state index in [1.165, 1.54) is 0 Å². The molecule has 0 saturated carbocycles. The van der Waals surface area contributed by atoms with Crippen LogP contribution < -0.4 is 10.1 Å². The van der Waals surface area contributed by atoms with E-state index in [0.29, 0.717) is 43.5 Å². The molecule has 29 heavy (non-hydrogen) atoms. The standard InChI is InChI=1S/C21H13Cl3N2O3/c22-13-3-1-12(2-4-13)21-26-17-10-15(6-8-19(17)29-21)25-20(27)11-28-18-7-5-14(23)9-16(18)24/h1-10H,11H2,(H,25,27). The van der Waals surface area contributed by atoms with Gasteiger partial charge in [0.15, 0.2) is 12.2 Å². The number of benzene rings is 3. The number of carbonyl (C=O) groups is 1. The third kappa shape index (κ3) is 4.65. The molecule has 0 bridgehead atoms. The van der Waals surface area contributed by atoms with Crippen molar-refractivity contribution in [3.8, 4) is 17.2 Å². The van der Waals surface area contributed by atoms with Crippen LogP contribution >= 0.6 is 34.8 Å². The lowest BCUT2D eigenvalue weighted by Gasteiger charge is -2.09. The summed E-state index contributed by atoms with van der Waals surface area (Å²) in [4.78, 5) is 16.7. The first kappa shape index (κ1) is 19.6. The Morgan fingerprint density at radius 1 is 0.966 bits per heavy atom. The summed E-state index contributed by atoms with van der Waals surface area (Å²) >= 11 is 17.8. The topological polar surface area (TPSA) is 64.4 Å². The molecule has 146 valence electrons. The van der Waals surface area contributed by atoms with E-state index >= 15 is 0 Å². The smallest absolute Gasteiger partial charge is 0.262 e. The van der Waals surface area contributed by atoms with Gasteiger partial charge in [-0.15, -0.1) is 0 Å². The van der Waals surface area contributed by atoms with Crippen molar-refractivity contribution in [1.29, 1.82) is 0 Å². The van der Waals surface area contributed by atoms with Crippen LogP contribution in [0.3, 0.4) is 0 Å². The van der Waals surface area contributed by atoms with Crippen LogP contribution in [0.2, 0.25) is 15.1 Å². The number of aromatic nitrogens is 1. The highest BCUT2D eigenvalue weighted by Gasteiger charge is 2.11. The number of oxazole rings is 1. The predicted molar refractivity (Wildman–Crippen MR) is 115 cm³/mol. The average Bonchev–Trinajstić information content (AvgIpc) is 3.11. The number of hydrogen-bond donors (Lipinski definition) is 1. The van der Waals surface area contributed by atoms with E-state index in [2.05, 4.69) is 10.3 Å². The van der Waals surface area contributed by atoms with Gasteiger partial charge < -0.3 is 14.5 Å². The van der Waals surface area contributed by atoms with Crippen LogP contribution in [-0.4, -0.2) is 17.5 Å². The van der Waals surface area contributed by atoms with Crippen LogP contribution in [0.25, 0.3) is 22.6 Å². The summed E-state index contributed by atoms with van der Waals surface area (Å²) in [6, 6.07) is 17.2. The van der Waals surface area contributed by atoms with E-state index in [9.17, 15) is 4.79 Å². The molecule has 0 saturated heterocycles. The largest absolute Gasteiger partial charge is 0.482 e. The molecule has 0 spiro atoms. The van der Waals surface area contributed by atoms with Gasteiger partial charge in [0.05, 0.1) is 5.02 Å². The van der Waals surface area contributed by atoms with Gasteiger partial charge in [0.2, 0.25) is 5.89 Å². The zero-order valence-electron chi connectivity index (χ0n) is 14.8. The van der Waals surface area contributed by atoms with Crippen LogP contribution in [0.15, 0.2) is 65.1 Å². The first-order valence-corrected chi connectivity index (χ1v) is 9.65. The fraction of sp³-hybridized carbons (Fsp3) is 0.0476. The lowest BCUT2D eigenvalue weighted by atomic mass is 10.2. The van der Waals surface area contributed by atoms with Crippen LogP contribution in [0.1, 0.15) is 0 Å². The zero-order valence-corrected chi connectivity index (χ0v) is 17.1. The van der Waals surface area contributed by atoms with Gasteiger partial charge in [0, 0.05) is 21.3 Å². The molecule has 0 aliphatic rings. The molecule has 1 heterocycles. The van der Waals surface area contributed by atoms with Crippen molar-refractivity contribution in [3.63, 3.8) is 0 Å². The van der Waals surface area contributed by atoms with Gasteiger partial charge in [0.25, 0.3) is 5.91 Å². The number of rotatable bonds is 5. The molecule has 0 unspecified atom stereocenters. The molecule has 0 atom stereocenters. The van der Waals surface area contributed by atoms with Crippen LogP contribution in [-0.2, 0) is 4.79 Å². The van der Waals surface area contributed by atoms with Crippen molar-refractivity contribution >= 4 is 57.5 Å². The van der Waals surface area contributed by atoms with Crippen molar-refractivity contribution in [3.05, 3.63) is 75.7 Å². The molecule has 0 fully saturated rings. The molecule has 8 heteroatoms. The Hall–Kier alpha value is -2.73. The third-order valence-corrected chi connectivity index (χ3v) is 4.80. The first-order chi connectivity index (χ1) is 14.0. The van der Waals surface area contributed by atoms with E-state index in [0.717, 1.165) is 5.56 Å².